The third-order valence-electron chi connectivity index (χ3n) is 3.92. The number of hydrogen-bond donors (Lipinski definition) is 2. The molecule has 0 saturated heterocycles. The van der Waals surface area contributed by atoms with Gasteiger partial charge in [-0.25, -0.2) is 0 Å². The Labute approximate surface area is 140 Å². The smallest absolute Gasteiger partial charge is 0.306 e. The third kappa shape index (κ3) is 4.54. The van der Waals surface area contributed by atoms with Gasteiger partial charge in [-0.15, -0.1) is 0 Å². The van der Waals surface area contributed by atoms with Crippen molar-refractivity contribution in [2.45, 2.75) is 25.7 Å². The summed E-state index contributed by atoms with van der Waals surface area (Å²) in [7, 11) is 0. The minimum Gasteiger partial charge on any atom is -0.481 e. The summed E-state index contributed by atoms with van der Waals surface area (Å²) in [4.78, 5) is 23.0. The van der Waals surface area contributed by atoms with E-state index < -0.39 is 5.97 Å². The van der Waals surface area contributed by atoms with Gasteiger partial charge in [0.05, 0.1) is 11.5 Å². The molecule has 4 nitrogen and oxygen atoms in total. The van der Waals surface area contributed by atoms with Gasteiger partial charge in [-0.05, 0) is 65.7 Å². The highest BCUT2D eigenvalue weighted by molar-refractivity contribution is 9.11. The largest absolute Gasteiger partial charge is 0.481 e. The molecule has 0 atom stereocenters. The fourth-order valence-corrected chi connectivity index (χ4v) is 3.85. The summed E-state index contributed by atoms with van der Waals surface area (Å²) in [6.45, 7) is 0.605. The van der Waals surface area contributed by atoms with E-state index in [1.165, 1.54) is 0 Å². The van der Waals surface area contributed by atoms with E-state index in [0.717, 1.165) is 21.8 Å². The monoisotopic (exact) mass is 417 g/mol. The number of nitrogens with one attached hydrogen (secondary N) is 1. The van der Waals surface area contributed by atoms with Gasteiger partial charge < -0.3 is 10.4 Å². The van der Waals surface area contributed by atoms with Gasteiger partial charge in [-0.3, -0.25) is 9.59 Å². The number of rotatable bonds is 4. The van der Waals surface area contributed by atoms with Crippen LogP contribution in [0.1, 0.15) is 36.0 Å². The van der Waals surface area contributed by atoms with E-state index in [9.17, 15) is 9.59 Å². The van der Waals surface area contributed by atoms with Crippen LogP contribution in [0, 0.1) is 11.8 Å². The molecule has 0 aromatic heterocycles. The second-order valence-electron chi connectivity index (χ2n) is 5.39. The van der Waals surface area contributed by atoms with Gasteiger partial charge in [0.25, 0.3) is 5.91 Å². The second-order valence-corrected chi connectivity index (χ2v) is 7.16. The Kier molecular flexibility index (Phi) is 5.81. The predicted octanol–water partition coefficient (Wildman–Crippen LogP) is 3.83. The van der Waals surface area contributed by atoms with Crippen molar-refractivity contribution in [1.29, 1.82) is 0 Å². The van der Waals surface area contributed by atoms with Crippen molar-refractivity contribution in [1.82, 2.24) is 5.32 Å². The number of carboxylic acids is 1. The minimum absolute atomic E-state index is 0.102. The molecule has 1 fully saturated rings. The molecule has 0 heterocycles. The van der Waals surface area contributed by atoms with Crippen molar-refractivity contribution in [2.75, 3.05) is 6.54 Å². The normalized spacial score (nSPS) is 21.8. The number of carbonyl (C=O) groups excluding carboxylic acids is 1. The van der Waals surface area contributed by atoms with E-state index in [2.05, 4.69) is 37.2 Å². The third-order valence-corrected chi connectivity index (χ3v) is 5.07. The molecular weight excluding hydrogens is 402 g/mol. The molecule has 6 heteroatoms. The van der Waals surface area contributed by atoms with Crippen LogP contribution in [-0.4, -0.2) is 23.5 Å². The predicted molar refractivity (Wildman–Crippen MR) is 87.3 cm³/mol. The molecule has 0 spiro atoms. The Hall–Kier alpha value is -0.880. The summed E-state index contributed by atoms with van der Waals surface area (Å²) in [5.74, 6) is -0.637. The van der Waals surface area contributed by atoms with Crippen LogP contribution >= 0.6 is 31.9 Å². The van der Waals surface area contributed by atoms with E-state index in [-0.39, 0.29) is 11.8 Å². The zero-order valence-electron chi connectivity index (χ0n) is 11.4. The highest BCUT2D eigenvalue weighted by Gasteiger charge is 2.26. The standard InChI is InChI=1S/C15H17Br2NO3/c16-11-5-6-12(13(17)7-11)14(19)18-8-9-1-3-10(4-2-9)15(20)21/h5-7,9-10H,1-4,8H2,(H,18,19)(H,20,21). The van der Waals surface area contributed by atoms with E-state index in [0.29, 0.717) is 30.9 Å². The lowest BCUT2D eigenvalue weighted by atomic mass is 9.82. The molecular formula is C15H17Br2NO3. The maximum absolute atomic E-state index is 12.1. The fraction of sp³-hybridized carbons (Fsp3) is 0.467. The fourth-order valence-electron chi connectivity index (χ4n) is 2.62. The number of aliphatic carboxylic acids is 1. The maximum Gasteiger partial charge on any atom is 0.306 e. The van der Waals surface area contributed by atoms with E-state index in [1.54, 1.807) is 6.07 Å². The SMILES string of the molecule is O=C(NCC1CCC(C(=O)O)CC1)c1ccc(Br)cc1Br. The summed E-state index contributed by atoms with van der Waals surface area (Å²) in [5, 5.41) is 11.9. The molecule has 1 aromatic carbocycles. The lowest BCUT2D eigenvalue weighted by molar-refractivity contribution is -0.143. The average molecular weight is 419 g/mol. The summed E-state index contributed by atoms with van der Waals surface area (Å²) in [5.41, 5.74) is 0.609. The van der Waals surface area contributed by atoms with Crippen molar-refractivity contribution >= 4 is 43.7 Å². The Morgan fingerprint density at radius 2 is 1.86 bits per heavy atom. The van der Waals surface area contributed by atoms with Crippen LogP contribution in [-0.2, 0) is 4.79 Å². The zero-order chi connectivity index (χ0) is 15.4. The molecule has 1 aliphatic carbocycles. The van der Waals surface area contributed by atoms with Gasteiger partial charge in [-0.1, -0.05) is 15.9 Å². The Bertz CT molecular complexity index is 540. The zero-order valence-corrected chi connectivity index (χ0v) is 14.6. The molecule has 1 aliphatic rings. The molecule has 0 aliphatic heterocycles. The van der Waals surface area contributed by atoms with Crippen LogP contribution in [0.2, 0.25) is 0 Å². The number of carboxylic acid groups (broad SMARTS) is 1. The van der Waals surface area contributed by atoms with Gasteiger partial charge in [0.1, 0.15) is 0 Å². The first kappa shape index (κ1) is 16.5. The number of halogens is 2. The number of carbonyl (C=O) groups is 2. The number of hydrogen-bond acceptors (Lipinski definition) is 2. The second kappa shape index (κ2) is 7.40. The van der Waals surface area contributed by atoms with Gasteiger partial charge in [0, 0.05) is 15.5 Å². The summed E-state index contributed by atoms with van der Waals surface area (Å²) >= 11 is 6.74. The first-order valence-corrected chi connectivity index (χ1v) is 8.52. The lowest BCUT2D eigenvalue weighted by Gasteiger charge is -2.26. The van der Waals surface area contributed by atoms with Crippen LogP contribution in [0.5, 0.6) is 0 Å². The van der Waals surface area contributed by atoms with Gasteiger partial charge >= 0.3 is 5.97 Å². The molecule has 1 saturated carbocycles. The van der Waals surface area contributed by atoms with Crippen LogP contribution in [0.4, 0.5) is 0 Å². The van der Waals surface area contributed by atoms with Crippen molar-refractivity contribution in [3.05, 3.63) is 32.7 Å². The van der Waals surface area contributed by atoms with Crippen molar-refractivity contribution < 1.29 is 14.7 Å². The van der Waals surface area contributed by atoms with Crippen molar-refractivity contribution in [3.8, 4) is 0 Å². The number of amides is 1. The average Bonchev–Trinajstić information content (AvgIpc) is 2.45. The molecule has 2 rings (SSSR count). The summed E-state index contributed by atoms with van der Waals surface area (Å²) in [6.07, 6.45) is 3.13. The molecule has 114 valence electrons. The molecule has 1 aromatic rings. The summed E-state index contributed by atoms with van der Waals surface area (Å²) < 4.78 is 1.67. The molecule has 21 heavy (non-hydrogen) atoms. The number of benzene rings is 1. The molecule has 2 N–H and O–H groups in total. The quantitative estimate of drug-likeness (QED) is 0.780. The summed E-state index contributed by atoms with van der Waals surface area (Å²) in [6, 6.07) is 5.44. The Morgan fingerprint density at radius 1 is 1.19 bits per heavy atom. The van der Waals surface area contributed by atoms with Gasteiger partial charge in [0.15, 0.2) is 0 Å². The lowest BCUT2D eigenvalue weighted by Crippen LogP contribution is -2.32. The Balaban J connectivity index is 1.83. The molecule has 0 unspecified atom stereocenters. The van der Waals surface area contributed by atoms with E-state index in [4.69, 9.17) is 5.11 Å². The van der Waals surface area contributed by atoms with Crippen LogP contribution in [0.25, 0.3) is 0 Å². The first-order valence-electron chi connectivity index (χ1n) is 6.93. The topological polar surface area (TPSA) is 66.4 Å². The van der Waals surface area contributed by atoms with Crippen LogP contribution in [0.3, 0.4) is 0 Å². The highest BCUT2D eigenvalue weighted by atomic mass is 79.9. The highest BCUT2D eigenvalue weighted by Crippen LogP contribution is 2.28. The minimum atomic E-state index is -0.698. The van der Waals surface area contributed by atoms with Crippen LogP contribution < -0.4 is 5.32 Å². The van der Waals surface area contributed by atoms with Crippen molar-refractivity contribution in [3.63, 3.8) is 0 Å². The maximum atomic E-state index is 12.1. The van der Waals surface area contributed by atoms with E-state index >= 15 is 0 Å². The Morgan fingerprint density at radius 3 is 2.43 bits per heavy atom. The first-order chi connectivity index (χ1) is 9.97. The van der Waals surface area contributed by atoms with E-state index in [1.807, 2.05) is 12.1 Å². The van der Waals surface area contributed by atoms with Gasteiger partial charge in [-0.2, -0.15) is 0 Å². The molecule has 0 radical (unpaired) electrons. The van der Waals surface area contributed by atoms with Crippen molar-refractivity contribution in [2.24, 2.45) is 11.8 Å². The van der Waals surface area contributed by atoms with Crippen LogP contribution in [0.15, 0.2) is 27.1 Å². The molecule has 0 bridgehead atoms. The van der Waals surface area contributed by atoms with Gasteiger partial charge in [0.2, 0.25) is 0 Å². The molecule has 1 amide bonds.